The number of hydrogen-bond donors (Lipinski definition) is 2. The zero-order chi connectivity index (χ0) is 26.8. The van der Waals surface area contributed by atoms with E-state index in [-0.39, 0.29) is 5.97 Å². The highest BCUT2D eigenvalue weighted by molar-refractivity contribution is 5.98. The van der Waals surface area contributed by atoms with Gasteiger partial charge in [0, 0.05) is 42.8 Å². The van der Waals surface area contributed by atoms with Crippen LogP contribution in [0.2, 0.25) is 0 Å². The fourth-order valence-electron chi connectivity index (χ4n) is 5.39. The van der Waals surface area contributed by atoms with Crippen LogP contribution in [-0.2, 0) is 15.1 Å². The molecule has 0 bridgehead atoms. The second-order valence-electron chi connectivity index (χ2n) is 9.41. The lowest BCUT2D eigenvalue weighted by Crippen LogP contribution is -2.34. The third kappa shape index (κ3) is 4.25. The molecule has 0 fully saturated rings. The molecule has 1 atom stereocenters. The molecule has 0 aliphatic carbocycles. The van der Waals surface area contributed by atoms with Crippen LogP contribution in [-0.4, -0.2) is 32.8 Å². The van der Waals surface area contributed by atoms with Crippen LogP contribution >= 0.6 is 0 Å². The van der Waals surface area contributed by atoms with Gasteiger partial charge in [-0.05, 0) is 49.7 Å². The molecular formula is C32H30N2O5. The van der Waals surface area contributed by atoms with Crippen LogP contribution < -0.4 is 20.1 Å². The van der Waals surface area contributed by atoms with Gasteiger partial charge in [0.25, 0.3) is 0 Å². The third-order valence-electron chi connectivity index (χ3n) is 7.09. The molecule has 2 heterocycles. The van der Waals surface area contributed by atoms with Crippen LogP contribution in [0, 0.1) is 0 Å². The quantitative estimate of drug-likeness (QED) is 0.184. The van der Waals surface area contributed by atoms with Crippen molar-refractivity contribution in [2.75, 3.05) is 37.5 Å². The van der Waals surface area contributed by atoms with Crippen LogP contribution in [0.5, 0.6) is 17.2 Å². The Hall–Kier alpha value is -4.49. The fourth-order valence-corrected chi connectivity index (χ4v) is 5.39. The number of nitrogens with one attached hydrogen (secondary N) is 2. The Labute approximate surface area is 227 Å². The number of methoxy groups -OCH3 is 1. The van der Waals surface area contributed by atoms with Crippen molar-refractivity contribution in [3.05, 3.63) is 107 Å². The van der Waals surface area contributed by atoms with Gasteiger partial charge in [0.15, 0.2) is 5.60 Å². The lowest BCUT2D eigenvalue weighted by molar-refractivity contribution is 0.0226. The van der Waals surface area contributed by atoms with E-state index < -0.39 is 5.60 Å². The van der Waals surface area contributed by atoms with Crippen molar-refractivity contribution in [1.29, 1.82) is 0 Å². The van der Waals surface area contributed by atoms with Gasteiger partial charge in [-0.3, -0.25) is 0 Å². The molecule has 7 heteroatoms. The highest BCUT2D eigenvalue weighted by Crippen LogP contribution is 2.59. The molecule has 1 unspecified atom stereocenters. The predicted molar refractivity (Wildman–Crippen MR) is 151 cm³/mol. The molecule has 2 N–H and O–H groups in total. The Bertz CT molecular complexity index is 1520. The molecule has 2 aliphatic heterocycles. The summed E-state index contributed by atoms with van der Waals surface area (Å²) in [7, 11) is 1.62. The molecule has 0 saturated carbocycles. The Balaban J connectivity index is 1.53. The molecule has 198 valence electrons. The molecule has 39 heavy (non-hydrogen) atoms. The highest BCUT2D eigenvalue weighted by Gasteiger charge is 2.55. The maximum absolute atomic E-state index is 13.4. The number of ether oxygens (including phenoxy) is 4. The second kappa shape index (κ2) is 10.3. The van der Waals surface area contributed by atoms with E-state index >= 15 is 0 Å². The summed E-state index contributed by atoms with van der Waals surface area (Å²) < 4.78 is 24.2. The number of carbonyl (C=O) groups is 1. The minimum absolute atomic E-state index is 0.371. The van der Waals surface area contributed by atoms with Gasteiger partial charge in [0.05, 0.1) is 29.5 Å². The topological polar surface area (TPSA) is 78.1 Å². The van der Waals surface area contributed by atoms with Crippen LogP contribution in [0.1, 0.15) is 40.4 Å². The smallest absolute Gasteiger partial charge is 0.340 e. The first-order valence-electron chi connectivity index (χ1n) is 13.2. The highest BCUT2D eigenvalue weighted by atomic mass is 16.6. The van der Waals surface area contributed by atoms with Crippen molar-refractivity contribution < 1.29 is 23.7 Å². The lowest BCUT2D eigenvalue weighted by atomic mass is 9.76. The van der Waals surface area contributed by atoms with E-state index in [1.54, 1.807) is 7.11 Å². The van der Waals surface area contributed by atoms with Crippen LogP contribution in [0.15, 0.2) is 84.9 Å². The van der Waals surface area contributed by atoms with Gasteiger partial charge in [-0.25, -0.2) is 4.79 Å². The van der Waals surface area contributed by atoms with Crippen LogP contribution in [0.25, 0.3) is 0 Å². The molecule has 0 amide bonds. The van der Waals surface area contributed by atoms with Crippen molar-refractivity contribution >= 4 is 23.0 Å². The summed E-state index contributed by atoms with van der Waals surface area (Å²) >= 11 is 0. The van der Waals surface area contributed by atoms with E-state index in [9.17, 15) is 4.79 Å². The maximum atomic E-state index is 13.4. The average Bonchev–Trinajstić information content (AvgIpc) is 3.26. The molecule has 6 rings (SSSR count). The number of carbonyl (C=O) groups excluding carboxylic acids is 1. The molecule has 0 saturated heterocycles. The lowest BCUT2D eigenvalue weighted by Gasteiger charge is -2.38. The van der Waals surface area contributed by atoms with Crippen molar-refractivity contribution in [3.8, 4) is 17.2 Å². The van der Waals surface area contributed by atoms with E-state index in [1.165, 1.54) is 0 Å². The van der Waals surface area contributed by atoms with Crippen LogP contribution in [0.3, 0.4) is 0 Å². The normalized spacial score (nSPS) is 16.5. The van der Waals surface area contributed by atoms with E-state index in [4.69, 9.17) is 18.9 Å². The van der Waals surface area contributed by atoms with Gasteiger partial charge < -0.3 is 29.6 Å². The Kier molecular flexibility index (Phi) is 6.59. The van der Waals surface area contributed by atoms with Gasteiger partial charge in [-0.15, -0.1) is 0 Å². The van der Waals surface area contributed by atoms with Crippen molar-refractivity contribution in [3.63, 3.8) is 0 Å². The fraction of sp³-hybridized carbons (Fsp3) is 0.219. The predicted octanol–water partition coefficient (Wildman–Crippen LogP) is 6.85. The summed E-state index contributed by atoms with van der Waals surface area (Å²) in [4.78, 5) is 13.4. The Morgan fingerprint density at radius 2 is 1.69 bits per heavy atom. The van der Waals surface area contributed by atoms with Crippen molar-refractivity contribution in [2.45, 2.75) is 18.9 Å². The largest absolute Gasteiger partial charge is 0.494 e. The van der Waals surface area contributed by atoms with Gasteiger partial charge in [0.2, 0.25) is 0 Å². The number of hydrogen-bond acceptors (Lipinski definition) is 7. The van der Waals surface area contributed by atoms with Crippen molar-refractivity contribution in [1.82, 2.24) is 0 Å². The first-order valence-corrected chi connectivity index (χ1v) is 13.2. The minimum Gasteiger partial charge on any atom is -0.494 e. The average molecular weight is 523 g/mol. The maximum Gasteiger partial charge on any atom is 0.340 e. The summed E-state index contributed by atoms with van der Waals surface area (Å²) in [6, 6.07) is 27.1. The first kappa shape index (κ1) is 24.8. The molecule has 2 aliphatic rings. The van der Waals surface area contributed by atoms with E-state index in [2.05, 4.69) is 10.6 Å². The zero-order valence-electron chi connectivity index (χ0n) is 22.0. The molecule has 0 aromatic heterocycles. The molecule has 1 spiro atoms. The first-order chi connectivity index (χ1) is 19.2. The minimum atomic E-state index is -1.21. The standard InChI is InChI=1S/C32H30N2O5/c1-3-37-18-10-17-33-25-15-9-16-27-30(25)32(23-14-8-7-13-22(23)31(35)39-32)24-19-26(29(36-2)20-28(24)38-27)34-21-11-5-4-6-12-21/h4-9,11-16,19-20,33-34H,3,10,17-18H2,1-2H3. The molecular weight excluding hydrogens is 492 g/mol. The summed E-state index contributed by atoms with van der Waals surface area (Å²) in [5, 5.41) is 7.00. The van der Waals surface area contributed by atoms with Gasteiger partial charge in [-0.2, -0.15) is 0 Å². The summed E-state index contributed by atoms with van der Waals surface area (Å²) in [5.74, 6) is 1.42. The number of esters is 1. The number of fused-ring (bicyclic) bond motifs is 6. The van der Waals surface area contributed by atoms with Gasteiger partial charge >= 0.3 is 5.97 Å². The summed E-state index contributed by atoms with van der Waals surface area (Å²) in [6.45, 7) is 4.03. The van der Waals surface area contributed by atoms with Gasteiger partial charge in [-0.1, -0.05) is 42.5 Å². The monoisotopic (exact) mass is 522 g/mol. The molecule has 0 radical (unpaired) electrons. The van der Waals surface area contributed by atoms with E-state index in [0.717, 1.165) is 40.2 Å². The van der Waals surface area contributed by atoms with Crippen molar-refractivity contribution in [2.24, 2.45) is 0 Å². The number of benzene rings is 4. The molecule has 4 aromatic rings. The number of para-hydroxylation sites is 1. The van der Waals surface area contributed by atoms with Crippen LogP contribution in [0.4, 0.5) is 17.1 Å². The van der Waals surface area contributed by atoms with E-state index in [0.29, 0.717) is 42.6 Å². The Morgan fingerprint density at radius 1 is 0.872 bits per heavy atom. The summed E-state index contributed by atoms with van der Waals surface area (Å²) in [6.07, 6.45) is 0.834. The summed E-state index contributed by atoms with van der Waals surface area (Å²) in [5.41, 5.74) is 4.07. The number of anilines is 3. The molecule has 7 nitrogen and oxygen atoms in total. The molecule has 4 aromatic carbocycles. The Morgan fingerprint density at radius 3 is 2.51 bits per heavy atom. The number of rotatable bonds is 9. The SMILES string of the molecule is CCOCCCNc1cccc2c1C1(OC(=O)c3ccccc31)c1cc(Nc3ccccc3)c(OC)cc1O2. The van der Waals surface area contributed by atoms with Gasteiger partial charge in [0.1, 0.15) is 17.2 Å². The third-order valence-corrected chi connectivity index (χ3v) is 7.09. The second-order valence-corrected chi connectivity index (χ2v) is 9.41. The van der Waals surface area contributed by atoms with E-state index in [1.807, 2.05) is 91.9 Å². The zero-order valence-corrected chi connectivity index (χ0v) is 22.0.